The van der Waals surface area contributed by atoms with Gasteiger partial charge < -0.3 is 9.84 Å². The largest absolute Gasteiger partial charge is 0.480 e. The van der Waals surface area contributed by atoms with Crippen LogP contribution in [0.15, 0.2) is 15.7 Å². The molecule has 0 radical (unpaired) electrons. The van der Waals surface area contributed by atoms with Crippen molar-refractivity contribution in [1.29, 1.82) is 0 Å². The first-order valence-electron chi connectivity index (χ1n) is 7.39. The van der Waals surface area contributed by atoms with Gasteiger partial charge in [0.15, 0.2) is 0 Å². The van der Waals surface area contributed by atoms with Gasteiger partial charge in [0.05, 0.1) is 6.10 Å². The van der Waals surface area contributed by atoms with Gasteiger partial charge in [-0.2, -0.15) is 4.31 Å². The standard InChI is InChI=1S/C14H19NO5S2/c16-13(17)9-20-11-3-6-15(7-4-11)22(18,19)14-12(5-8-21-14)10-1-2-10/h5,8,10-11H,1-4,6-7,9H2,(H,16,17). The van der Waals surface area contributed by atoms with Gasteiger partial charge in [-0.3, -0.25) is 0 Å². The molecule has 1 saturated carbocycles. The molecule has 1 aromatic rings. The molecule has 0 amide bonds. The third-order valence-electron chi connectivity index (χ3n) is 4.09. The number of piperidine rings is 1. The molecule has 2 aliphatic rings. The molecule has 2 heterocycles. The fourth-order valence-electron chi connectivity index (χ4n) is 2.76. The van der Waals surface area contributed by atoms with Gasteiger partial charge in [0.1, 0.15) is 10.8 Å². The van der Waals surface area contributed by atoms with Crippen LogP contribution in [0.2, 0.25) is 0 Å². The van der Waals surface area contributed by atoms with Gasteiger partial charge >= 0.3 is 5.97 Å². The average Bonchev–Trinajstić information content (AvgIpc) is 3.22. The minimum Gasteiger partial charge on any atom is -0.480 e. The second-order valence-corrected chi connectivity index (χ2v) is 8.80. The summed E-state index contributed by atoms with van der Waals surface area (Å²) in [5, 5.41) is 10.5. The maximum Gasteiger partial charge on any atom is 0.329 e. The number of hydrogen-bond donors (Lipinski definition) is 1. The maximum atomic E-state index is 12.8. The lowest BCUT2D eigenvalue weighted by Crippen LogP contribution is -2.41. The zero-order valence-electron chi connectivity index (χ0n) is 12.1. The zero-order chi connectivity index (χ0) is 15.7. The molecule has 6 nitrogen and oxygen atoms in total. The van der Waals surface area contributed by atoms with Crippen LogP contribution in [-0.2, 0) is 19.6 Å². The van der Waals surface area contributed by atoms with Crippen molar-refractivity contribution in [2.45, 2.75) is 41.9 Å². The minimum atomic E-state index is -3.43. The molecule has 22 heavy (non-hydrogen) atoms. The lowest BCUT2D eigenvalue weighted by Gasteiger charge is -2.30. The summed E-state index contributed by atoms with van der Waals surface area (Å²) >= 11 is 1.29. The van der Waals surface area contributed by atoms with E-state index in [4.69, 9.17) is 9.84 Å². The van der Waals surface area contributed by atoms with Gasteiger partial charge in [0.25, 0.3) is 10.0 Å². The molecule has 122 valence electrons. The topological polar surface area (TPSA) is 83.9 Å². The van der Waals surface area contributed by atoms with E-state index >= 15 is 0 Å². The molecule has 3 rings (SSSR count). The van der Waals surface area contributed by atoms with E-state index in [-0.39, 0.29) is 12.7 Å². The van der Waals surface area contributed by atoms with Crippen LogP contribution < -0.4 is 0 Å². The number of nitrogens with zero attached hydrogens (tertiary/aromatic N) is 1. The lowest BCUT2D eigenvalue weighted by molar-refractivity contribution is -0.145. The monoisotopic (exact) mass is 345 g/mol. The Balaban J connectivity index is 1.64. The number of carboxylic acid groups (broad SMARTS) is 1. The summed E-state index contributed by atoms with van der Waals surface area (Å²) < 4.78 is 32.8. The van der Waals surface area contributed by atoms with E-state index in [0.717, 1.165) is 18.4 Å². The van der Waals surface area contributed by atoms with Gasteiger partial charge in [-0.05, 0) is 48.6 Å². The Labute approximate surface area is 133 Å². The minimum absolute atomic E-state index is 0.172. The number of rotatable bonds is 6. The fraction of sp³-hybridized carbons (Fsp3) is 0.643. The van der Waals surface area contributed by atoms with E-state index in [1.807, 2.05) is 11.4 Å². The van der Waals surface area contributed by atoms with Crippen molar-refractivity contribution in [2.75, 3.05) is 19.7 Å². The third-order valence-corrected chi connectivity index (χ3v) is 7.48. The molecule has 0 bridgehead atoms. The summed E-state index contributed by atoms with van der Waals surface area (Å²) in [6.45, 7) is 0.442. The highest BCUT2D eigenvalue weighted by atomic mass is 32.2. The Morgan fingerprint density at radius 2 is 2.00 bits per heavy atom. The Bertz CT molecular complexity index is 642. The van der Waals surface area contributed by atoms with Gasteiger partial charge in [-0.25, -0.2) is 13.2 Å². The molecule has 8 heteroatoms. The van der Waals surface area contributed by atoms with E-state index in [2.05, 4.69) is 0 Å². The molecule has 1 aromatic heterocycles. The molecule has 0 aromatic carbocycles. The predicted octanol–water partition coefficient (Wildman–Crippen LogP) is 1.88. The van der Waals surface area contributed by atoms with Gasteiger partial charge in [0.2, 0.25) is 0 Å². The summed E-state index contributed by atoms with van der Waals surface area (Å²) in [4.78, 5) is 10.5. The highest BCUT2D eigenvalue weighted by Gasteiger charge is 2.36. The smallest absolute Gasteiger partial charge is 0.329 e. The molecule has 0 unspecified atom stereocenters. The van der Waals surface area contributed by atoms with Crippen molar-refractivity contribution in [3.05, 3.63) is 17.0 Å². The summed E-state index contributed by atoms with van der Waals surface area (Å²) in [7, 11) is -3.43. The van der Waals surface area contributed by atoms with Crippen LogP contribution in [0.1, 0.15) is 37.2 Å². The highest BCUT2D eigenvalue weighted by Crippen LogP contribution is 2.45. The average molecular weight is 345 g/mol. The molecule has 1 N–H and O–H groups in total. The number of sulfonamides is 1. The molecule has 1 aliphatic heterocycles. The van der Waals surface area contributed by atoms with Gasteiger partial charge in [-0.15, -0.1) is 11.3 Å². The second kappa shape index (κ2) is 6.27. The van der Waals surface area contributed by atoms with E-state index < -0.39 is 16.0 Å². The number of carbonyl (C=O) groups is 1. The quantitative estimate of drug-likeness (QED) is 0.851. The van der Waals surface area contributed by atoms with E-state index in [1.165, 1.54) is 15.6 Å². The van der Waals surface area contributed by atoms with E-state index in [9.17, 15) is 13.2 Å². The number of thiophene rings is 1. The summed E-state index contributed by atoms with van der Waals surface area (Å²) in [6.07, 6.45) is 3.05. The predicted molar refractivity (Wildman–Crippen MR) is 81.7 cm³/mol. The van der Waals surface area contributed by atoms with Crippen LogP contribution in [0.3, 0.4) is 0 Å². The van der Waals surface area contributed by atoms with Crippen molar-refractivity contribution in [2.24, 2.45) is 0 Å². The van der Waals surface area contributed by atoms with Crippen LogP contribution in [0.5, 0.6) is 0 Å². The Hall–Kier alpha value is -0.960. The molecule has 2 fully saturated rings. The molecule has 0 atom stereocenters. The number of hydrogen-bond acceptors (Lipinski definition) is 5. The van der Waals surface area contributed by atoms with Crippen molar-refractivity contribution >= 4 is 27.3 Å². The normalized spacial score (nSPS) is 21.1. The molecular weight excluding hydrogens is 326 g/mol. The number of aliphatic carboxylic acids is 1. The van der Waals surface area contributed by atoms with Crippen molar-refractivity contribution in [3.63, 3.8) is 0 Å². The summed E-state index contributed by atoms with van der Waals surface area (Å²) in [6, 6.07) is 1.93. The van der Waals surface area contributed by atoms with Crippen LogP contribution in [0.4, 0.5) is 0 Å². The Morgan fingerprint density at radius 3 is 2.59 bits per heavy atom. The maximum absolute atomic E-state index is 12.8. The van der Waals surface area contributed by atoms with Crippen molar-refractivity contribution in [3.8, 4) is 0 Å². The van der Waals surface area contributed by atoms with E-state index in [1.54, 1.807) is 0 Å². The molecule has 1 aliphatic carbocycles. The van der Waals surface area contributed by atoms with Crippen molar-refractivity contribution < 1.29 is 23.1 Å². The lowest BCUT2D eigenvalue weighted by atomic mass is 10.1. The summed E-state index contributed by atoms with van der Waals surface area (Å²) in [5.74, 6) is -0.588. The Morgan fingerprint density at radius 1 is 1.32 bits per heavy atom. The first-order chi connectivity index (χ1) is 10.5. The first kappa shape index (κ1) is 15.9. The van der Waals surface area contributed by atoms with Crippen LogP contribution in [0.25, 0.3) is 0 Å². The van der Waals surface area contributed by atoms with Crippen LogP contribution in [0, 0.1) is 0 Å². The van der Waals surface area contributed by atoms with E-state index in [0.29, 0.717) is 36.1 Å². The highest BCUT2D eigenvalue weighted by molar-refractivity contribution is 7.91. The fourth-order valence-corrected chi connectivity index (χ4v) is 5.89. The second-order valence-electron chi connectivity index (χ2n) is 5.75. The van der Waals surface area contributed by atoms with Gasteiger partial charge in [-0.1, -0.05) is 0 Å². The van der Waals surface area contributed by atoms with Gasteiger partial charge in [0, 0.05) is 13.1 Å². The SMILES string of the molecule is O=C(O)COC1CCN(S(=O)(=O)c2sccc2C2CC2)CC1. The third kappa shape index (κ3) is 3.34. The van der Waals surface area contributed by atoms with Crippen LogP contribution in [-0.4, -0.2) is 49.6 Å². The zero-order valence-corrected chi connectivity index (χ0v) is 13.7. The number of carboxylic acids is 1. The van der Waals surface area contributed by atoms with Crippen molar-refractivity contribution in [1.82, 2.24) is 4.31 Å². The molecule has 0 spiro atoms. The Kier molecular flexibility index (Phi) is 4.54. The first-order valence-corrected chi connectivity index (χ1v) is 9.71. The molecule has 1 saturated heterocycles. The summed E-state index contributed by atoms with van der Waals surface area (Å²) in [5.41, 5.74) is 0.967. The molecular formula is C14H19NO5S2. The van der Waals surface area contributed by atoms with Crippen LogP contribution >= 0.6 is 11.3 Å². The number of ether oxygens (including phenoxy) is 1.